The van der Waals surface area contributed by atoms with Gasteiger partial charge in [0.15, 0.2) is 0 Å². The van der Waals surface area contributed by atoms with Crippen molar-refractivity contribution in [3.63, 3.8) is 0 Å². The summed E-state index contributed by atoms with van der Waals surface area (Å²) >= 11 is 0. The van der Waals surface area contributed by atoms with Gasteiger partial charge in [-0.3, -0.25) is 15.1 Å². The van der Waals surface area contributed by atoms with Crippen molar-refractivity contribution in [2.24, 2.45) is 0 Å². The standard InChI is InChI=1S/C16H16N2O5S2/c1-16(2,25-24-14-7-9-17-10-8-14)11-22-15(19)23-13-5-3-12(4-6-13)18(20)21/h3-10H,11H2,1-2H3. The minimum absolute atomic E-state index is 0.0774. The van der Waals surface area contributed by atoms with Gasteiger partial charge in [0, 0.05) is 29.4 Å². The van der Waals surface area contributed by atoms with E-state index in [4.69, 9.17) is 9.47 Å². The van der Waals surface area contributed by atoms with E-state index in [1.807, 2.05) is 26.0 Å². The third-order valence-corrected chi connectivity index (χ3v) is 6.10. The average molecular weight is 380 g/mol. The third kappa shape index (κ3) is 6.63. The Hall–Kier alpha value is -2.26. The predicted octanol–water partition coefficient (Wildman–Crippen LogP) is 4.72. The number of aromatic nitrogens is 1. The minimum Gasteiger partial charge on any atom is -0.432 e. The number of ether oxygens (including phenoxy) is 2. The van der Waals surface area contributed by atoms with Crippen LogP contribution in [0.25, 0.3) is 0 Å². The highest BCUT2D eigenvalue weighted by Gasteiger charge is 2.23. The second-order valence-corrected chi connectivity index (χ2v) is 8.41. The average Bonchev–Trinajstić information content (AvgIpc) is 2.60. The van der Waals surface area contributed by atoms with E-state index in [2.05, 4.69) is 4.98 Å². The topological polar surface area (TPSA) is 91.6 Å². The Balaban J connectivity index is 1.78. The van der Waals surface area contributed by atoms with Gasteiger partial charge in [0.05, 0.1) is 9.67 Å². The van der Waals surface area contributed by atoms with E-state index in [0.29, 0.717) is 0 Å². The number of carbonyl (C=O) groups is 1. The molecule has 0 radical (unpaired) electrons. The molecule has 0 saturated carbocycles. The zero-order valence-corrected chi connectivity index (χ0v) is 15.2. The molecule has 1 heterocycles. The number of nitrogens with zero attached hydrogens (tertiary/aromatic N) is 2. The molecular weight excluding hydrogens is 364 g/mol. The molecule has 0 aliphatic carbocycles. The van der Waals surface area contributed by atoms with Crippen molar-refractivity contribution < 1.29 is 19.2 Å². The van der Waals surface area contributed by atoms with E-state index in [1.165, 1.54) is 24.3 Å². The SMILES string of the molecule is CC(C)(COC(=O)Oc1ccc([N+](=O)[O-])cc1)SSc1ccncc1. The van der Waals surface area contributed by atoms with E-state index < -0.39 is 11.1 Å². The van der Waals surface area contributed by atoms with Crippen LogP contribution in [0.4, 0.5) is 10.5 Å². The molecule has 9 heteroatoms. The Kier molecular flexibility index (Phi) is 6.65. The zero-order valence-electron chi connectivity index (χ0n) is 13.6. The molecule has 0 spiro atoms. The first-order valence-corrected chi connectivity index (χ1v) is 9.35. The van der Waals surface area contributed by atoms with Gasteiger partial charge in [0.2, 0.25) is 0 Å². The highest BCUT2D eigenvalue weighted by atomic mass is 33.1. The van der Waals surface area contributed by atoms with Crippen molar-refractivity contribution in [3.8, 4) is 5.75 Å². The number of nitro groups is 1. The summed E-state index contributed by atoms with van der Waals surface area (Å²) in [4.78, 5) is 26.8. The van der Waals surface area contributed by atoms with Gasteiger partial charge in [-0.25, -0.2) is 4.79 Å². The van der Waals surface area contributed by atoms with Gasteiger partial charge >= 0.3 is 6.16 Å². The zero-order chi connectivity index (χ0) is 18.3. The minimum atomic E-state index is -0.851. The summed E-state index contributed by atoms with van der Waals surface area (Å²) in [5, 5.41) is 10.6. The van der Waals surface area contributed by atoms with Crippen LogP contribution in [-0.4, -0.2) is 27.4 Å². The lowest BCUT2D eigenvalue weighted by Gasteiger charge is -2.22. The normalized spacial score (nSPS) is 11.0. The summed E-state index contributed by atoms with van der Waals surface area (Å²) in [6.07, 6.45) is 2.58. The molecule has 2 aromatic rings. The molecule has 1 aromatic carbocycles. The smallest absolute Gasteiger partial charge is 0.432 e. The Morgan fingerprint density at radius 3 is 2.44 bits per heavy atom. The first-order valence-electron chi connectivity index (χ1n) is 7.20. The summed E-state index contributed by atoms with van der Waals surface area (Å²) in [5.74, 6) is 0.187. The van der Waals surface area contributed by atoms with Gasteiger partial charge in [-0.1, -0.05) is 21.6 Å². The van der Waals surface area contributed by atoms with Gasteiger partial charge in [-0.15, -0.1) is 0 Å². The highest BCUT2D eigenvalue weighted by molar-refractivity contribution is 8.77. The Morgan fingerprint density at radius 2 is 1.84 bits per heavy atom. The van der Waals surface area contributed by atoms with Gasteiger partial charge in [-0.05, 0) is 38.1 Å². The largest absolute Gasteiger partial charge is 0.513 e. The molecule has 25 heavy (non-hydrogen) atoms. The number of benzene rings is 1. The lowest BCUT2D eigenvalue weighted by Crippen LogP contribution is -2.25. The van der Waals surface area contributed by atoms with Gasteiger partial charge < -0.3 is 9.47 Å². The number of rotatable bonds is 7. The number of nitro benzene ring substituents is 1. The molecule has 2 rings (SSSR count). The summed E-state index contributed by atoms with van der Waals surface area (Å²) in [6, 6.07) is 9.01. The predicted molar refractivity (Wildman–Crippen MR) is 96.8 cm³/mol. The number of non-ortho nitro benzene ring substituents is 1. The van der Waals surface area contributed by atoms with Crippen molar-refractivity contribution in [2.45, 2.75) is 23.5 Å². The second kappa shape index (κ2) is 8.72. The number of carbonyl (C=O) groups excluding carboxylic acids is 1. The Labute approximate surface area is 152 Å². The van der Waals surface area contributed by atoms with Crippen LogP contribution in [-0.2, 0) is 4.74 Å². The summed E-state index contributed by atoms with van der Waals surface area (Å²) in [6.45, 7) is 4.05. The van der Waals surface area contributed by atoms with Crippen molar-refractivity contribution in [3.05, 3.63) is 58.9 Å². The molecule has 0 amide bonds. The third-order valence-electron chi connectivity index (χ3n) is 2.80. The van der Waals surface area contributed by atoms with Crippen LogP contribution < -0.4 is 4.74 Å². The van der Waals surface area contributed by atoms with Crippen LogP contribution >= 0.6 is 21.6 Å². The fraction of sp³-hybridized carbons (Fsp3) is 0.250. The quantitative estimate of drug-likeness (QED) is 0.224. The maximum Gasteiger partial charge on any atom is 0.513 e. The lowest BCUT2D eigenvalue weighted by molar-refractivity contribution is -0.384. The molecule has 0 N–H and O–H groups in total. The highest BCUT2D eigenvalue weighted by Crippen LogP contribution is 2.40. The Morgan fingerprint density at radius 1 is 1.20 bits per heavy atom. The lowest BCUT2D eigenvalue weighted by atomic mass is 10.2. The van der Waals surface area contributed by atoms with Crippen LogP contribution in [0.3, 0.4) is 0 Å². The molecular formula is C16H16N2O5S2. The van der Waals surface area contributed by atoms with Crippen molar-refractivity contribution in [1.82, 2.24) is 4.98 Å². The molecule has 0 fully saturated rings. The summed E-state index contributed by atoms with van der Waals surface area (Å²) in [5.41, 5.74) is -0.0774. The molecule has 0 unspecified atom stereocenters. The van der Waals surface area contributed by atoms with Crippen LogP contribution in [0.5, 0.6) is 5.75 Å². The molecule has 0 aliphatic heterocycles. The molecule has 7 nitrogen and oxygen atoms in total. The maximum atomic E-state index is 11.7. The fourth-order valence-corrected chi connectivity index (χ4v) is 3.68. The van der Waals surface area contributed by atoms with Gasteiger partial charge in [-0.2, -0.15) is 0 Å². The first-order chi connectivity index (χ1) is 11.9. The molecule has 132 valence electrons. The Bertz CT molecular complexity index is 723. The van der Waals surface area contributed by atoms with Crippen molar-refractivity contribution >= 4 is 33.4 Å². The van der Waals surface area contributed by atoms with Crippen molar-refractivity contribution in [2.75, 3.05) is 6.61 Å². The monoisotopic (exact) mass is 380 g/mol. The van der Waals surface area contributed by atoms with E-state index in [0.717, 1.165) is 4.90 Å². The number of pyridine rings is 1. The first kappa shape index (κ1) is 19.1. The number of hydrogen-bond donors (Lipinski definition) is 0. The van der Waals surface area contributed by atoms with E-state index in [1.54, 1.807) is 34.0 Å². The van der Waals surface area contributed by atoms with E-state index >= 15 is 0 Å². The molecule has 0 atom stereocenters. The molecule has 0 saturated heterocycles. The van der Waals surface area contributed by atoms with E-state index in [-0.39, 0.29) is 22.8 Å². The maximum absolute atomic E-state index is 11.7. The fourth-order valence-electron chi connectivity index (χ4n) is 1.57. The van der Waals surface area contributed by atoms with Crippen LogP contribution in [0, 0.1) is 10.1 Å². The molecule has 0 aliphatic rings. The summed E-state index contributed by atoms with van der Waals surface area (Å²) in [7, 11) is 3.13. The molecule has 0 bridgehead atoms. The van der Waals surface area contributed by atoms with Crippen molar-refractivity contribution in [1.29, 1.82) is 0 Å². The van der Waals surface area contributed by atoms with Gasteiger partial charge in [0.1, 0.15) is 12.4 Å². The van der Waals surface area contributed by atoms with Crippen LogP contribution in [0.2, 0.25) is 0 Å². The van der Waals surface area contributed by atoms with E-state index in [9.17, 15) is 14.9 Å². The molecule has 1 aromatic heterocycles. The second-order valence-electron chi connectivity index (χ2n) is 5.50. The summed E-state index contributed by atoms with van der Waals surface area (Å²) < 4.78 is 9.80. The van der Waals surface area contributed by atoms with Gasteiger partial charge in [0.25, 0.3) is 5.69 Å². The van der Waals surface area contributed by atoms with Crippen LogP contribution in [0.15, 0.2) is 53.7 Å². The van der Waals surface area contributed by atoms with Crippen LogP contribution in [0.1, 0.15) is 13.8 Å². The number of hydrogen-bond acceptors (Lipinski definition) is 8.